The van der Waals surface area contributed by atoms with Gasteiger partial charge in [-0.2, -0.15) is 0 Å². The van der Waals surface area contributed by atoms with Crippen LogP contribution in [0.3, 0.4) is 0 Å². The molecule has 0 heterocycles. The molecule has 0 bridgehead atoms. The van der Waals surface area contributed by atoms with Crippen LogP contribution < -0.4 is 5.32 Å². The second kappa shape index (κ2) is 8.08. The molecule has 1 rings (SSSR count). The van der Waals surface area contributed by atoms with Gasteiger partial charge in [0.15, 0.2) is 0 Å². The molecule has 0 aliphatic heterocycles. The molecule has 8 nitrogen and oxygen atoms in total. The zero-order valence-corrected chi connectivity index (χ0v) is 15.1. The van der Waals surface area contributed by atoms with Crippen LogP contribution >= 0.6 is 38.5 Å². The van der Waals surface area contributed by atoms with Crippen molar-refractivity contribution in [3.05, 3.63) is 42.1 Å². The lowest BCUT2D eigenvalue weighted by Crippen LogP contribution is -2.16. The number of nitro groups is 1. The van der Waals surface area contributed by atoms with Crippen LogP contribution in [0.2, 0.25) is 0 Å². The summed E-state index contributed by atoms with van der Waals surface area (Å²) in [4.78, 5) is 33.6. The Kier molecular flexibility index (Phi) is 6.74. The Labute approximate surface area is 147 Å². The van der Waals surface area contributed by atoms with Crippen molar-refractivity contribution < 1.29 is 24.0 Å². The molecule has 0 spiro atoms. The van der Waals surface area contributed by atoms with Gasteiger partial charge in [-0.15, -0.1) is 0 Å². The molecule has 118 valence electrons. The molecule has 0 unspecified atom stereocenters. The number of hydrogen-bond donors (Lipinski definition) is 1. The Balaban J connectivity index is 3.33. The lowest BCUT2D eigenvalue weighted by Gasteiger charge is -2.10. The predicted octanol–water partition coefficient (Wildman–Crippen LogP) is 2.60. The van der Waals surface area contributed by atoms with Crippen molar-refractivity contribution in [1.29, 1.82) is 0 Å². The van der Waals surface area contributed by atoms with E-state index in [1.165, 1.54) is 6.07 Å². The van der Waals surface area contributed by atoms with E-state index < -0.39 is 16.9 Å². The molecule has 0 aliphatic carbocycles. The van der Waals surface area contributed by atoms with Crippen LogP contribution in [0.15, 0.2) is 28.4 Å². The fourth-order valence-electron chi connectivity index (χ4n) is 1.40. The summed E-state index contributed by atoms with van der Waals surface area (Å²) in [5.74, 6) is -1.67. The Morgan fingerprint density at radius 2 is 2.00 bits per heavy atom. The van der Waals surface area contributed by atoms with Crippen LogP contribution in [0.1, 0.15) is 0 Å². The minimum Gasteiger partial charge on any atom is -0.466 e. The maximum Gasteiger partial charge on any atom is 0.354 e. The maximum atomic E-state index is 11.7. The van der Waals surface area contributed by atoms with Crippen molar-refractivity contribution in [2.24, 2.45) is 0 Å². The van der Waals surface area contributed by atoms with Crippen molar-refractivity contribution >= 4 is 61.8 Å². The van der Waals surface area contributed by atoms with Crippen LogP contribution in [0.5, 0.6) is 0 Å². The molecule has 1 N–H and O–H groups in total. The highest BCUT2D eigenvalue weighted by molar-refractivity contribution is 14.1. The third-order valence-corrected chi connectivity index (χ3v) is 4.88. The van der Waals surface area contributed by atoms with Crippen molar-refractivity contribution in [3.63, 3.8) is 0 Å². The summed E-state index contributed by atoms with van der Waals surface area (Å²) in [6.07, 6.45) is 0.852. The van der Waals surface area contributed by atoms with Crippen LogP contribution in [-0.2, 0) is 19.1 Å². The second-order valence-corrected chi connectivity index (χ2v) is 5.65. The summed E-state index contributed by atoms with van der Waals surface area (Å²) >= 11 is 4.98. The highest BCUT2D eigenvalue weighted by Gasteiger charge is 2.23. The number of nitro benzene ring substituents is 1. The van der Waals surface area contributed by atoms with E-state index in [1.807, 2.05) is 0 Å². The topological polar surface area (TPSA) is 108 Å². The molecule has 0 aromatic heterocycles. The summed E-state index contributed by atoms with van der Waals surface area (Å²) in [7, 11) is 2.26. The lowest BCUT2D eigenvalue weighted by molar-refractivity contribution is -0.384. The van der Waals surface area contributed by atoms with Gasteiger partial charge < -0.3 is 14.8 Å². The summed E-state index contributed by atoms with van der Waals surface area (Å²) in [5, 5.41) is 13.7. The summed E-state index contributed by atoms with van der Waals surface area (Å²) in [6.45, 7) is 0. The number of benzene rings is 1. The molecule has 1 aromatic rings. The molecular formula is C12H10BrIN2O6. The Hall–Kier alpha value is -1.69. The van der Waals surface area contributed by atoms with Crippen LogP contribution in [0.25, 0.3) is 0 Å². The fourth-order valence-corrected chi connectivity index (χ4v) is 2.38. The zero-order valence-electron chi connectivity index (χ0n) is 11.4. The Bertz CT molecular complexity index is 661. The molecule has 1 aromatic carbocycles. The number of esters is 2. The van der Waals surface area contributed by atoms with Crippen molar-refractivity contribution in [3.8, 4) is 0 Å². The van der Waals surface area contributed by atoms with Gasteiger partial charge in [0.25, 0.3) is 0 Å². The van der Waals surface area contributed by atoms with Gasteiger partial charge in [0, 0.05) is 4.47 Å². The van der Waals surface area contributed by atoms with E-state index in [1.54, 1.807) is 28.7 Å². The first kappa shape index (κ1) is 18.4. The van der Waals surface area contributed by atoms with Crippen LogP contribution in [0.4, 0.5) is 11.4 Å². The number of ether oxygens (including phenoxy) is 2. The third kappa shape index (κ3) is 4.40. The monoisotopic (exact) mass is 484 g/mol. The predicted molar refractivity (Wildman–Crippen MR) is 89.3 cm³/mol. The Morgan fingerprint density at radius 1 is 1.36 bits per heavy atom. The van der Waals surface area contributed by atoms with Gasteiger partial charge >= 0.3 is 17.6 Å². The molecule has 0 saturated carbocycles. The number of anilines is 1. The normalized spacial score (nSPS) is 10.8. The molecule has 0 atom stereocenters. The fraction of sp³-hybridized carbons (Fsp3) is 0.167. The van der Waals surface area contributed by atoms with Crippen molar-refractivity contribution in [1.82, 2.24) is 0 Å². The molecule has 0 radical (unpaired) electrons. The highest BCUT2D eigenvalue weighted by atomic mass is 127. The van der Waals surface area contributed by atoms with E-state index in [0.29, 0.717) is 8.04 Å². The summed E-state index contributed by atoms with van der Waals surface area (Å²) in [6, 6.07) is 2.97. The van der Waals surface area contributed by atoms with Crippen LogP contribution in [-0.4, -0.2) is 31.1 Å². The first-order valence-electron chi connectivity index (χ1n) is 5.59. The van der Waals surface area contributed by atoms with Gasteiger partial charge in [-0.3, -0.25) is 10.1 Å². The van der Waals surface area contributed by atoms with E-state index in [-0.39, 0.29) is 17.1 Å². The first-order chi connectivity index (χ1) is 10.3. The number of nitrogens with zero attached hydrogens (tertiary/aromatic N) is 1. The second-order valence-electron chi connectivity index (χ2n) is 3.71. The zero-order chi connectivity index (χ0) is 16.9. The summed E-state index contributed by atoms with van der Waals surface area (Å²) in [5.41, 5.74) is -0.483. The molecular weight excluding hydrogens is 475 g/mol. The molecule has 0 fully saturated rings. The van der Waals surface area contributed by atoms with E-state index in [9.17, 15) is 19.7 Å². The third-order valence-electron chi connectivity index (χ3n) is 2.39. The number of halogens is 2. The average molecular weight is 485 g/mol. The minimum atomic E-state index is -0.863. The van der Waals surface area contributed by atoms with Gasteiger partial charge in [0.1, 0.15) is 15.0 Å². The number of rotatable bonds is 5. The van der Waals surface area contributed by atoms with E-state index in [4.69, 9.17) is 0 Å². The summed E-state index contributed by atoms with van der Waals surface area (Å²) < 4.78 is 9.83. The quantitative estimate of drug-likeness (QED) is 0.225. The number of carbonyl (C=O) groups is 2. The van der Waals surface area contributed by atoms with Crippen molar-refractivity contribution in [2.75, 3.05) is 19.5 Å². The van der Waals surface area contributed by atoms with Gasteiger partial charge in [-0.05, 0) is 50.7 Å². The largest absolute Gasteiger partial charge is 0.466 e. The number of hydrogen-bond acceptors (Lipinski definition) is 7. The molecule has 0 aliphatic rings. The molecule has 22 heavy (non-hydrogen) atoms. The van der Waals surface area contributed by atoms with E-state index in [2.05, 4.69) is 30.7 Å². The van der Waals surface area contributed by atoms with Gasteiger partial charge in [-0.25, -0.2) is 9.59 Å². The number of methoxy groups -OCH3 is 2. The highest BCUT2D eigenvalue weighted by Crippen LogP contribution is 2.35. The average Bonchev–Trinajstić information content (AvgIpc) is 2.48. The van der Waals surface area contributed by atoms with Crippen LogP contribution in [0, 0.1) is 13.7 Å². The molecule has 0 amide bonds. The number of nitrogens with one attached hydrogen (secondary N) is 1. The molecule has 0 saturated heterocycles. The van der Waals surface area contributed by atoms with Crippen molar-refractivity contribution in [2.45, 2.75) is 0 Å². The van der Waals surface area contributed by atoms with E-state index >= 15 is 0 Å². The standard InChI is InChI=1S/C12H10BrIN2O6/c1-21-9(17)5-8(12(18)22-2)15-7-4-3-6(13)10(14)11(7)16(19)20/h3-5,15H,1-2H3/b8-5+. The van der Waals surface area contributed by atoms with Gasteiger partial charge in [-0.1, -0.05) is 0 Å². The van der Waals surface area contributed by atoms with Gasteiger partial charge in [0.05, 0.1) is 25.2 Å². The van der Waals surface area contributed by atoms with E-state index in [0.717, 1.165) is 20.3 Å². The maximum absolute atomic E-state index is 11.7. The van der Waals surface area contributed by atoms with Gasteiger partial charge in [0.2, 0.25) is 0 Å². The molecule has 10 heteroatoms. The Morgan fingerprint density at radius 3 is 2.50 bits per heavy atom. The lowest BCUT2D eigenvalue weighted by atomic mass is 10.2. The SMILES string of the molecule is COC(=O)/C=C(/Nc1ccc(Br)c(I)c1[N+](=O)[O-])C(=O)OC. The first-order valence-corrected chi connectivity index (χ1v) is 7.46. The minimum absolute atomic E-state index is 0.0400. The smallest absolute Gasteiger partial charge is 0.354 e. The number of carbonyl (C=O) groups excluding carboxylic acids is 2.